The number of rotatable bonds is 0. The molecule has 3 nitrogen and oxygen atoms in total. The third kappa shape index (κ3) is 0.907. The maximum atomic E-state index is 8.65. The van der Waals surface area contributed by atoms with E-state index in [2.05, 4.69) is 5.32 Å². The first-order valence-electron chi connectivity index (χ1n) is 2.23. The van der Waals surface area contributed by atoms with Crippen molar-refractivity contribution in [2.24, 2.45) is 0 Å². The smallest absolute Gasteiger partial charge is 0.0980 e. The molecular formula is C4H8NO2. The van der Waals surface area contributed by atoms with Gasteiger partial charge in [-0.25, -0.2) is 0 Å². The number of nitrogens with one attached hydrogen (secondary N) is 1. The van der Waals surface area contributed by atoms with Crippen molar-refractivity contribution < 1.29 is 10.2 Å². The van der Waals surface area contributed by atoms with Gasteiger partial charge >= 0.3 is 0 Å². The molecular weight excluding hydrogens is 94.0 g/mol. The van der Waals surface area contributed by atoms with E-state index in [0.29, 0.717) is 6.54 Å². The van der Waals surface area contributed by atoms with Gasteiger partial charge in [0.1, 0.15) is 0 Å². The summed E-state index contributed by atoms with van der Waals surface area (Å²) >= 11 is 0. The highest BCUT2D eigenvalue weighted by atomic mass is 16.3. The fraction of sp³-hybridized carbons (Fsp3) is 0.750. The van der Waals surface area contributed by atoms with Crippen molar-refractivity contribution in [1.29, 1.82) is 0 Å². The molecule has 0 saturated carbocycles. The van der Waals surface area contributed by atoms with Gasteiger partial charge in [-0.1, -0.05) is 0 Å². The zero-order chi connectivity index (χ0) is 5.28. The van der Waals surface area contributed by atoms with Crippen LogP contribution in [-0.4, -0.2) is 29.0 Å². The van der Waals surface area contributed by atoms with E-state index in [-0.39, 0.29) is 0 Å². The Labute approximate surface area is 42.0 Å². The molecule has 1 heterocycles. The van der Waals surface area contributed by atoms with E-state index < -0.39 is 12.2 Å². The molecule has 0 aliphatic carbocycles. The summed E-state index contributed by atoms with van der Waals surface area (Å²) in [5.41, 5.74) is 0. The van der Waals surface area contributed by atoms with Crippen LogP contribution in [0.25, 0.3) is 0 Å². The number of aliphatic hydroxyl groups excluding tert-OH is 2. The minimum Gasteiger partial charge on any atom is -0.389 e. The lowest BCUT2D eigenvalue weighted by atomic mass is 10.3. The van der Waals surface area contributed by atoms with Crippen LogP contribution in [0.1, 0.15) is 0 Å². The van der Waals surface area contributed by atoms with Crippen molar-refractivity contribution in [3.05, 3.63) is 6.54 Å². The van der Waals surface area contributed by atoms with Gasteiger partial charge in [-0.3, -0.25) is 0 Å². The van der Waals surface area contributed by atoms with Crippen LogP contribution in [0.5, 0.6) is 0 Å². The fourth-order valence-corrected chi connectivity index (χ4v) is 0.541. The Bertz CT molecular complexity index is 58.7. The second-order valence-electron chi connectivity index (χ2n) is 1.63. The average Bonchev–Trinajstić information content (AvgIpc) is 1.91. The molecule has 0 bridgehead atoms. The molecule has 3 N–H and O–H groups in total. The molecule has 7 heavy (non-hydrogen) atoms. The van der Waals surface area contributed by atoms with Crippen molar-refractivity contribution in [2.75, 3.05) is 6.54 Å². The lowest BCUT2D eigenvalue weighted by Gasteiger charge is -2.01. The molecule has 0 amide bonds. The van der Waals surface area contributed by atoms with Crippen molar-refractivity contribution in [2.45, 2.75) is 12.2 Å². The van der Waals surface area contributed by atoms with Crippen LogP contribution in [0.15, 0.2) is 0 Å². The van der Waals surface area contributed by atoms with E-state index in [0.717, 1.165) is 0 Å². The van der Waals surface area contributed by atoms with Crippen LogP contribution in [0.4, 0.5) is 0 Å². The van der Waals surface area contributed by atoms with Crippen LogP contribution in [0.3, 0.4) is 0 Å². The quantitative estimate of drug-likeness (QED) is 0.348. The van der Waals surface area contributed by atoms with Gasteiger partial charge in [0.05, 0.1) is 18.8 Å². The van der Waals surface area contributed by atoms with Gasteiger partial charge in [-0.2, -0.15) is 0 Å². The summed E-state index contributed by atoms with van der Waals surface area (Å²) in [5.74, 6) is 0. The number of hydrogen-bond acceptors (Lipinski definition) is 3. The molecule has 1 rings (SSSR count). The Morgan fingerprint density at radius 1 is 1.57 bits per heavy atom. The van der Waals surface area contributed by atoms with Gasteiger partial charge in [0, 0.05) is 6.54 Å². The molecule has 3 heteroatoms. The predicted molar refractivity (Wildman–Crippen MR) is 24.3 cm³/mol. The lowest BCUT2D eigenvalue weighted by Crippen LogP contribution is -2.20. The maximum Gasteiger partial charge on any atom is 0.0980 e. The molecule has 1 saturated heterocycles. The summed E-state index contributed by atoms with van der Waals surface area (Å²) in [6.45, 7) is 1.95. The van der Waals surface area contributed by atoms with Gasteiger partial charge in [0.15, 0.2) is 0 Å². The Morgan fingerprint density at radius 3 is 2.43 bits per heavy atom. The van der Waals surface area contributed by atoms with Crippen LogP contribution in [-0.2, 0) is 0 Å². The zero-order valence-corrected chi connectivity index (χ0v) is 3.83. The highest BCUT2D eigenvalue weighted by Crippen LogP contribution is 2.00. The van der Waals surface area contributed by atoms with Gasteiger partial charge in [-0.15, -0.1) is 0 Å². The Hall–Kier alpha value is -0.120. The minimum absolute atomic E-state index is 0.473. The topological polar surface area (TPSA) is 52.5 Å². The molecule has 0 unspecified atom stereocenters. The Morgan fingerprint density at radius 2 is 2.29 bits per heavy atom. The molecule has 0 spiro atoms. The second-order valence-corrected chi connectivity index (χ2v) is 1.63. The van der Waals surface area contributed by atoms with Crippen LogP contribution >= 0.6 is 0 Å². The molecule has 1 aliphatic rings. The molecule has 0 aromatic rings. The fourth-order valence-electron chi connectivity index (χ4n) is 0.541. The third-order valence-corrected chi connectivity index (χ3v) is 1.01. The number of aliphatic hydroxyl groups is 2. The molecule has 0 aromatic carbocycles. The van der Waals surface area contributed by atoms with E-state index in [4.69, 9.17) is 10.2 Å². The van der Waals surface area contributed by atoms with E-state index in [1.807, 2.05) is 0 Å². The van der Waals surface area contributed by atoms with E-state index in [1.165, 1.54) is 6.54 Å². The molecule has 0 aromatic heterocycles. The zero-order valence-electron chi connectivity index (χ0n) is 3.83. The first-order chi connectivity index (χ1) is 3.30. The monoisotopic (exact) mass is 102 g/mol. The number of β-amino-alcohol motifs (C(OH)–C–C–N with tert-alkyl or cyclic N) is 1. The summed E-state index contributed by atoms with van der Waals surface area (Å²) in [6, 6.07) is 0. The minimum atomic E-state index is -0.667. The largest absolute Gasteiger partial charge is 0.389 e. The van der Waals surface area contributed by atoms with E-state index in [9.17, 15) is 0 Å². The molecule has 41 valence electrons. The van der Waals surface area contributed by atoms with Crippen LogP contribution in [0.2, 0.25) is 0 Å². The Kier molecular flexibility index (Phi) is 1.27. The Balaban J connectivity index is 2.33. The van der Waals surface area contributed by atoms with Crippen molar-refractivity contribution >= 4 is 0 Å². The first-order valence-corrected chi connectivity index (χ1v) is 2.23. The normalized spacial score (nSPS) is 42.0. The van der Waals surface area contributed by atoms with Gasteiger partial charge in [0.25, 0.3) is 0 Å². The third-order valence-electron chi connectivity index (χ3n) is 1.01. The average molecular weight is 102 g/mol. The van der Waals surface area contributed by atoms with Crippen molar-refractivity contribution in [1.82, 2.24) is 5.32 Å². The van der Waals surface area contributed by atoms with Gasteiger partial charge < -0.3 is 15.5 Å². The predicted octanol–water partition coefficient (Wildman–Crippen LogP) is -1.53. The molecule has 1 fully saturated rings. The molecule has 1 aliphatic heterocycles. The van der Waals surface area contributed by atoms with Crippen molar-refractivity contribution in [3.8, 4) is 0 Å². The standard InChI is InChI=1S/C4H8NO2/c6-3-1-5-2-4(3)7/h1,3-7H,2H2/t3-,4+/m1/s1. The summed E-state index contributed by atoms with van der Waals surface area (Å²) in [7, 11) is 0. The van der Waals surface area contributed by atoms with Crippen LogP contribution < -0.4 is 5.32 Å². The van der Waals surface area contributed by atoms with Crippen LogP contribution in [0, 0.1) is 6.54 Å². The maximum absolute atomic E-state index is 8.65. The SMILES string of the molecule is O[C@@H]1[CH]NC[C@@H]1O. The first kappa shape index (κ1) is 5.03. The highest BCUT2D eigenvalue weighted by Gasteiger charge is 2.21. The second kappa shape index (κ2) is 1.78. The molecule has 1 radical (unpaired) electrons. The summed E-state index contributed by atoms with van der Waals surface area (Å²) in [4.78, 5) is 0. The van der Waals surface area contributed by atoms with E-state index >= 15 is 0 Å². The lowest BCUT2D eigenvalue weighted by molar-refractivity contribution is 0.0664. The number of hydrogen-bond donors (Lipinski definition) is 3. The van der Waals surface area contributed by atoms with Gasteiger partial charge in [-0.05, 0) is 0 Å². The summed E-state index contributed by atoms with van der Waals surface area (Å²) < 4.78 is 0. The summed E-state index contributed by atoms with van der Waals surface area (Å²) in [6.07, 6.45) is -1.26. The molecule has 2 atom stereocenters. The highest BCUT2D eigenvalue weighted by molar-refractivity contribution is 4.88. The van der Waals surface area contributed by atoms with Crippen molar-refractivity contribution in [3.63, 3.8) is 0 Å². The van der Waals surface area contributed by atoms with Gasteiger partial charge in [0.2, 0.25) is 0 Å². The van der Waals surface area contributed by atoms with E-state index in [1.54, 1.807) is 0 Å². The summed E-state index contributed by atoms with van der Waals surface area (Å²) in [5, 5.41) is 20.0.